The second-order valence-electron chi connectivity index (χ2n) is 9.92. The zero-order valence-corrected chi connectivity index (χ0v) is 18.5. The molecule has 2 aliphatic rings. The summed E-state index contributed by atoms with van der Waals surface area (Å²) in [6.07, 6.45) is 14.7. The van der Waals surface area contributed by atoms with Crippen LogP contribution in [0.15, 0.2) is 34.4 Å². The average Bonchev–Trinajstić information content (AvgIpc) is 2.52. The van der Waals surface area contributed by atoms with Crippen molar-refractivity contribution in [1.29, 1.82) is 0 Å². The molecule has 1 N–H and O–H groups in total. The Hall–Kier alpha value is -1.31. The number of hydrogen-bond donors (Lipinski definition) is 1. The van der Waals surface area contributed by atoms with E-state index in [1.807, 2.05) is 6.92 Å². The number of carbonyl (C=O) groups is 1. The van der Waals surface area contributed by atoms with Crippen LogP contribution in [-0.2, 0) is 4.79 Å². The van der Waals surface area contributed by atoms with Gasteiger partial charge < -0.3 is 5.11 Å². The molecule has 152 valence electrons. The number of carboxylic acid groups (broad SMARTS) is 1. The Bertz CT molecular complexity index is 647. The van der Waals surface area contributed by atoms with Crippen LogP contribution in [0.4, 0.5) is 0 Å². The van der Waals surface area contributed by atoms with Gasteiger partial charge in [0.2, 0.25) is 0 Å². The molecular formula is C25H40O2. The van der Waals surface area contributed by atoms with Crippen molar-refractivity contribution in [1.82, 2.24) is 0 Å². The van der Waals surface area contributed by atoms with Gasteiger partial charge in [-0.15, -0.1) is 0 Å². The van der Waals surface area contributed by atoms with Gasteiger partial charge in [0.1, 0.15) is 0 Å². The van der Waals surface area contributed by atoms with Crippen LogP contribution in [-0.4, -0.2) is 11.1 Å². The van der Waals surface area contributed by atoms with E-state index in [1.165, 1.54) is 56.6 Å². The second kappa shape index (κ2) is 8.80. The fourth-order valence-corrected chi connectivity index (χ4v) is 6.10. The van der Waals surface area contributed by atoms with E-state index >= 15 is 0 Å². The summed E-state index contributed by atoms with van der Waals surface area (Å²) in [5, 5.41) is 9.01. The van der Waals surface area contributed by atoms with Gasteiger partial charge in [-0.05, 0) is 95.8 Å². The van der Waals surface area contributed by atoms with Crippen LogP contribution in [0.25, 0.3) is 0 Å². The highest BCUT2D eigenvalue weighted by Gasteiger charge is 2.51. The molecular weight excluding hydrogens is 332 g/mol. The lowest BCUT2D eigenvalue weighted by molar-refractivity contribution is -0.131. The first-order valence-corrected chi connectivity index (χ1v) is 10.8. The van der Waals surface area contributed by atoms with Crippen LogP contribution < -0.4 is 0 Å². The molecule has 3 atom stereocenters. The summed E-state index contributed by atoms with van der Waals surface area (Å²) in [5.41, 5.74) is 6.35. The van der Waals surface area contributed by atoms with E-state index in [2.05, 4.69) is 40.7 Å². The molecule has 0 amide bonds. The molecule has 0 aromatic carbocycles. The van der Waals surface area contributed by atoms with E-state index < -0.39 is 5.97 Å². The molecule has 0 heterocycles. The van der Waals surface area contributed by atoms with Crippen molar-refractivity contribution in [2.45, 2.75) is 99.3 Å². The molecule has 0 saturated heterocycles. The monoisotopic (exact) mass is 372 g/mol. The number of hydrogen-bond acceptors (Lipinski definition) is 1. The number of rotatable bonds is 7. The maximum atomic E-state index is 11.0. The third-order valence-corrected chi connectivity index (χ3v) is 7.47. The minimum absolute atomic E-state index is 0.295. The zero-order chi connectivity index (χ0) is 20.2. The highest BCUT2D eigenvalue weighted by atomic mass is 16.4. The molecule has 0 aromatic rings. The molecule has 2 heteroatoms. The smallest absolute Gasteiger partial charge is 0.328 e. The number of fused-ring (bicyclic) bond motifs is 1. The van der Waals surface area contributed by atoms with Crippen LogP contribution in [0.2, 0.25) is 0 Å². The lowest BCUT2D eigenvalue weighted by Gasteiger charge is -2.56. The molecule has 0 radical (unpaired) electrons. The molecule has 0 aromatic heterocycles. The van der Waals surface area contributed by atoms with E-state index in [0.717, 1.165) is 24.3 Å². The van der Waals surface area contributed by atoms with Crippen molar-refractivity contribution in [3.63, 3.8) is 0 Å². The van der Waals surface area contributed by atoms with Crippen LogP contribution in [0.5, 0.6) is 0 Å². The fraction of sp³-hybridized carbons (Fsp3) is 0.720. The number of aliphatic carboxylic acids is 1. The molecule has 0 aliphatic heterocycles. The predicted molar refractivity (Wildman–Crippen MR) is 115 cm³/mol. The van der Waals surface area contributed by atoms with E-state index in [1.54, 1.807) is 11.1 Å². The first-order valence-electron chi connectivity index (χ1n) is 10.8. The fourth-order valence-electron chi connectivity index (χ4n) is 6.10. The van der Waals surface area contributed by atoms with E-state index in [0.29, 0.717) is 10.8 Å². The molecule has 1 fully saturated rings. The molecule has 1 unspecified atom stereocenters. The molecule has 1 saturated carbocycles. The van der Waals surface area contributed by atoms with Gasteiger partial charge in [0, 0.05) is 6.08 Å². The quantitative estimate of drug-likeness (QED) is 0.372. The Kier molecular flexibility index (Phi) is 7.16. The summed E-state index contributed by atoms with van der Waals surface area (Å²) in [4.78, 5) is 11.0. The van der Waals surface area contributed by atoms with Crippen LogP contribution in [0.1, 0.15) is 99.3 Å². The minimum atomic E-state index is -0.824. The Labute approximate surface area is 166 Å². The predicted octanol–water partition coefficient (Wildman–Crippen LogP) is 7.47. The topological polar surface area (TPSA) is 37.3 Å². The molecule has 2 nitrogen and oxygen atoms in total. The molecule has 0 bridgehead atoms. The van der Waals surface area contributed by atoms with E-state index in [9.17, 15) is 4.79 Å². The maximum absolute atomic E-state index is 11.0. The lowest BCUT2D eigenvalue weighted by atomic mass is 9.48. The van der Waals surface area contributed by atoms with Gasteiger partial charge in [-0.2, -0.15) is 0 Å². The van der Waals surface area contributed by atoms with Gasteiger partial charge in [-0.3, -0.25) is 0 Å². The number of carboxylic acids is 1. The maximum Gasteiger partial charge on any atom is 0.328 e. The first-order chi connectivity index (χ1) is 12.6. The van der Waals surface area contributed by atoms with Crippen molar-refractivity contribution in [2.75, 3.05) is 0 Å². The van der Waals surface area contributed by atoms with Gasteiger partial charge in [0.05, 0.1) is 0 Å². The molecule has 2 rings (SSSR count). The third kappa shape index (κ3) is 5.15. The minimum Gasteiger partial charge on any atom is -0.478 e. The van der Waals surface area contributed by atoms with Gasteiger partial charge in [0.15, 0.2) is 0 Å². The largest absolute Gasteiger partial charge is 0.478 e. The van der Waals surface area contributed by atoms with Gasteiger partial charge in [-0.1, -0.05) is 48.6 Å². The molecule has 27 heavy (non-hydrogen) atoms. The van der Waals surface area contributed by atoms with Crippen molar-refractivity contribution in [2.24, 2.45) is 16.7 Å². The first kappa shape index (κ1) is 22.0. The van der Waals surface area contributed by atoms with Crippen LogP contribution in [0, 0.1) is 16.7 Å². The van der Waals surface area contributed by atoms with Gasteiger partial charge in [0.25, 0.3) is 0 Å². The summed E-state index contributed by atoms with van der Waals surface area (Å²) in [6, 6.07) is 0. The van der Waals surface area contributed by atoms with Gasteiger partial charge in [-0.25, -0.2) is 4.79 Å². The SMILES string of the molecule is CC(C)=CCC[C@]1(C)CCC[C@]2(C)C(CC/C(C)=C/C(=O)O)=C(C)CCC12. The second-order valence-corrected chi connectivity index (χ2v) is 9.92. The highest BCUT2D eigenvalue weighted by molar-refractivity contribution is 5.80. The molecule has 2 aliphatic carbocycles. The van der Waals surface area contributed by atoms with Crippen LogP contribution >= 0.6 is 0 Å². The molecule has 0 spiro atoms. The standard InChI is InChI=1S/C25H40O2/c1-18(2)9-7-14-24(5)15-8-16-25(6)21(20(4)11-13-22(24)25)12-10-19(3)17-23(26)27/h9,17,22H,7-8,10-16H2,1-6H3,(H,26,27)/b19-17+/t22?,24-,25-/m1/s1. The van der Waals surface area contributed by atoms with Crippen molar-refractivity contribution < 1.29 is 9.90 Å². The van der Waals surface area contributed by atoms with Crippen molar-refractivity contribution >= 4 is 5.97 Å². The third-order valence-electron chi connectivity index (χ3n) is 7.47. The summed E-state index contributed by atoms with van der Waals surface area (Å²) >= 11 is 0. The van der Waals surface area contributed by atoms with Crippen LogP contribution in [0.3, 0.4) is 0 Å². The zero-order valence-electron chi connectivity index (χ0n) is 18.5. The normalized spacial score (nSPS) is 31.5. The Balaban J connectivity index is 2.22. The summed E-state index contributed by atoms with van der Waals surface area (Å²) in [7, 11) is 0. The van der Waals surface area contributed by atoms with Gasteiger partial charge >= 0.3 is 5.97 Å². The van der Waals surface area contributed by atoms with E-state index in [4.69, 9.17) is 5.11 Å². The summed E-state index contributed by atoms with van der Waals surface area (Å²) in [5.74, 6) is -0.0674. The number of allylic oxidation sites excluding steroid dienone is 5. The van der Waals surface area contributed by atoms with E-state index in [-0.39, 0.29) is 0 Å². The van der Waals surface area contributed by atoms with Crippen molar-refractivity contribution in [3.05, 3.63) is 34.4 Å². The Morgan fingerprint density at radius 3 is 2.56 bits per heavy atom. The highest BCUT2D eigenvalue weighted by Crippen LogP contribution is 2.61. The summed E-state index contributed by atoms with van der Waals surface area (Å²) in [6.45, 7) is 13.7. The lowest BCUT2D eigenvalue weighted by Crippen LogP contribution is -2.46. The van der Waals surface area contributed by atoms with Crippen molar-refractivity contribution in [3.8, 4) is 0 Å². The average molecular weight is 373 g/mol. The Morgan fingerprint density at radius 1 is 1.22 bits per heavy atom. The summed E-state index contributed by atoms with van der Waals surface area (Å²) < 4.78 is 0. The Morgan fingerprint density at radius 2 is 1.93 bits per heavy atom.